The lowest BCUT2D eigenvalue weighted by molar-refractivity contribution is 0.0905. The van der Waals surface area contributed by atoms with Gasteiger partial charge in [0.1, 0.15) is 5.82 Å². The lowest BCUT2D eigenvalue weighted by atomic mass is 9.75. The van der Waals surface area contributed by atoms with Crippen LogP contribution in [0, 0.1) is 18.2 Å². The highest BCUT2D eigenvalue weighted by Crippen LogP contribution is 2.35. The molecule has 1 amide bonds. The standard InChI is InChI=1S/C16H22FNO/c1-11-4-5-14(17)13(10-11)15(19)18-12-6-8-16(2,3)9-7-12/h4-5,10,12H,6-9H2,1-3H3,(H,18,19). The zero-order valence-electron chi connectivity index (χ0n) is 11.9. The highest BCUT2D eigenvalue weighted by atomic mass is 19.1. The lowest BCUT2D eigenvalue weighted by Gasteiger charge is -2.34. The van der Waals surface area contributed by atoms with Gasteiger partial charge in [-0.2, -0.15) is 0 Å². The van der Waals surface area contributed by atoms with Crippen LogP contribution in [0.5, 0.6) is 0 Å². The maximum Gasteiger partial charge on any atom is 0.254 e. The minimum atomic E-state index is -0.445. The van der Waals surface area contributed by atoms with Crippen LogP contribution in [0.4, 0.5) is 4.39 Å². The van der Waals surface area contributed by atoms with Crippen molar-refractivity contribution in [2.75, 3.05) is 0 Å². The van der Waals surface area contributed by atoms with E-state index in [2.05, 4.69) is 19.2 Å². The molecular formula is C16H22FNO. The number of hydrogen-bond acceptors (Lipinski definition) is 1. The molecule has 2 rings (SSSR count). The van der Waals surface area contributed by atoms with Gasteiger partial charge in [-0.25, -0.2) is 4.39 Å². The van der Waals surface area contributed by atoms with E-state index in [0.717, 1.165) is 31.2 Å². The van der Waals surface area contributed by atoms with E-state index >= 15 is 0 Å². The van der Waals surface area contributed by atoms with Crippen molar-refractivity contribution < 1.29 is 9.18 Å². The molecule has 104 valence electrons. The number of nitrogens with one attached hydrogen (secondary N) is 1. The smallest absolute Gasteiger partial charge is 0.254 e. The Balaban J connectivity index is 2.00. The van der Waals surface area contributed by atoms with E-state index in [1.165, 1.54) is 6.07 Å². The quantitative estimate of drug-likeness (QED) is 0.863. The summed E-state index contributed by atoms with van der Waals surface area (Å²) in [5.41, 5.74) is 1.43. The van der Waals surface area contributed by atoms with Gasteiger partial charge in [0.2, 0.25) is 0 Å². The van der Waals surface area contributed by atoms with Crippen molar-refractivity contribution in [2.24, 2.45) is 5.41 Å². The molecule has 2 nitrogen and oxygen atoms in total. The topological polar surface area (TPSA) is 29.1 Å². The van der Waals surface area contributed by atoms with Crippen LogP contribution in [-0.4, -0.2) is 11.9 Å². The van der Waals surface area contributed by atoms with Gasteiger partial charge >= 0.3 is 0 Å². The molecule has 1 aliphatic carbocycles. The second-order valence-electron chi connectivity index (χ2n) is 6.40. The van der Waals surface area contributed by atoms with Gasteiger partial charge in [0, 0.05) is 6.04 Å². The van der Waals surface area contributed by atoms with Crippen LogP contribution in [0.15, 0.2) is 18.2 Å². The number of hydrogen-bond donors (Lipinski definition) is 1. The third kappa shape index (κ3) is 3.55. The summed E-state index contributed by atoms with van der Waals surface area (Å²) in [6.45, 7) is 6.37. The second-order valence-corrected chi connectivity index (χ2v) is 6.40. The number of benzene rings is 1. The monoisotopic (exact) mass is 263 g/mol. The molecule has 0 unspecified atom stereocenters. The Morgan fingerprint density at radius 1 is 1.32 bits per heavy atom. The molecule has 0 saturated heterocycles. The van der Waals surface area contributed by atoms with Crippen molar-refractivity contribution in [3.05, 3.63) is 35.1 Å². The lowest BCUT2D eigenvalue weighted by Crippen LogP contribution is -2.39. The van der Waals surface area contributed by atoms with Gasteiger partial charge in [-0.3, -0.25) is 4.79 Å². The minimum absolute atomic E-state index is 0.157. The van der Waals surface area contributed by atoms with E-state index in [4.69, 9.17) is 0 Å². The molecule has 0 aromatic heterocycles. The van der Waals surface area contributed by atoms with Crippen LogP contribution in [0.25, 0.3) is 0 Å². The number of halogens is 1. The van der Waals surface area contributed by atoms with E-state index in [-0.39, 0.29) is 17.5 Å². The summed E-state index contributed by atoms with van der Waals surface area (Å²) in [7, 11) is 0. The van der Waals surface area contributed by atoms with Crippen LogP contribution in [-0.2, 0) is 0 Å². The Labute approximate surface area is 114 Å². The molecule has 1 saturated carbocycles. The van der Waals surface area contributed by atoms with E-state index in [1.807, 2.05) is 6.92 Å². The molecule has 3 heteroatoms. The first kappa shape index (κ1) is 14.0. The predicted molar refractivity (Wildman–Crippen MR) is 74.6 cm³/mol. The van der Waals surface area contributed by atoms with Crippen molar-refractivity contribution in [3.63, 3.8) is 0 Å². The van der Waals surface area contributed by atoms with Crippen LogP contribution in [0.2, 0.25) is 0 Å². The summed E-state index contributed by atoms with van der Waals surface area (Å²) < 4.78 is 13.6. The molecule has 0 atom stereocenters. The summed E-state index contributed by atoms with van der Waals surface area (Å²) in [5.74, 6) is -0.731. The van der Waals surface area contributed by atoms with Crippen LogP contribution in [0.3, 0.4) is 0 Å². The zero-order valence-corrected chi connectivity index (χ0v) is 11.9. The molecule has 1 aromatic carbocycles. The fourth-order valence-electron chi connectivity index (χ4n) is 2.62. The predicted octanol–water partition coefficient (Wildman–Crippen LogP) is 3.83. The molecular weight excluding hydrogens is 241 g/mol. The van der Waals surface area contributed by atoms with Gasteiger partial charge in [0.25, 0.3) is 5.91 Å². The summed E-state index contributed by atoms with van der Waals surface area (Å²) in [6.07, 6.45) is 4.17. The van der Waals surface area contributed by atoms with Crippen LogP contribution in [0.1, 0.15) is 55.5 Å². The van der Waals surface area contributed by atoms with Crippen LogP contribution >= 0.6 is 0 Å². The number of rotatable bonds is 2. The molecule has 0 radical (unpaired) electrons. The molecule has 0 bridgehead atoms. The summed E-state index contributed by atoms with van der Waals surface area (Å²) >= 11 is 0. The van der Waals surface area contributed by atoms with Gasteiger partial charge in [0.15, 0.2) is 0 Å². The van der Waals surface area contributed by atoms with Crippen LogP contribution < -0.4 is 5.32 Å². The zero-order chi connectivity index (χ0) is 14.0. The Morgan fingerprint density at radius 3 is 2.58 bits per heavy atom. The molecule has 0 aliphatic heterocycles. The fourth-order valence-corrected chi connectivity index (χ4v) is 2.62. The summed E-state index contributed by atoms with van der Waals surface area (Å²) in [4.78, 5) is 12.1. The fraction of sp³-hybridized carbons (Fsp3) is 0.562. The SMILES string of the molecule is Cc1ccc(F)c(C(=O)NC2CCC(C)(C)CC2)c1. The third-order valence-corrected chi connectivity index (χ3v) is 4.04. The Hall–Kier alpha value is -1.38. The van der Waals surface area contributed by atoms with Gasteiger partial charge in [0.05, 0.1) is 5.56 Å². The van der Waals surface area contributed by atoms with Gasteiger partial charge in [-0.15, -0.1) is 0 Å². The first-order chi connectivity index (χ1) is 8.87. The number of carbonyl (C=O) groups is 1. The maximum atomic E-state index is 13.6. The Morgan fingerprint density at radius 2 is 1.95 bits per heavy atom. The van der Waals surface area contributed by atoms with Gasteiger partial charge < -0.3 is 5.32 Å². The number of carbonyl (C=O) groups excluding carboxylic acids is 1. The highest BCUT2D eigenvalue weighted by Gasteiger charge is 2.28. The number of aryl methyl sites for hydroxylation is 1. The normalized spacial score (nSPS) is 19.2. The Bertz CT molecular complexity index is 472. The molecule has 19 heavy (non-hydrogen) atoms. The average molecular weight is 263 g/mol. The molecule has 1 aliphatic rings. The maximum absolute atomic E-state index is 13.6. The van der Waals surface area contributed by atoms with Crippen molar-refractivity contribution in [3.8, 4) is 0 Å². The average Bonchev–Trinajstić information content (AvgIpc) is 2.35. The Kier molecular flexibility index (Phi) is 3.93. The van der Waals surface area contributed by atoms with Crippen molar-refractivity contribution >= 4 is 5.91 Å². The number of amides is 1. The molecule has 1 fully saturated rings. The first-order valence-corrected chi connectivity index (χ1v) is 6.94. The first-order valence-electron chi connectivity index (χ1n) is 6.94. The van der Waals surface area contributed by atoms with E-state index in [1.54, 1.807) is 12.1 Å². The second kappa shape index (κ2) is 5.32. The van der Waals surface area contributed by atoms with E-state index < -0.39 is 5.82 Å². The molecule has 1 aromatic rings. The largest absolute Gasteiger partial charge is 0.349 e. The van der Waals surface area contributed by atoms with E-state index in [9.17, 15) is 9.18 Å². The summed E-state index contributed by atoms with van der Waals surface area (Å²) in [5, 5.41) is 2.96. The molecule has 0 spiro atoms. The summed E-state index contributed by atoms with van der Waals surface area (Å²) in [6, 6.07) is 4.82. The third-order valence-electron chi connectivity index (χ3n) is 4.04. The molecule has 1 N–H and O–H groups in total. The van der Waals surface area contributed by atoms with E-state index in [0.29, 0.717) is 5.41 Å². The highest BCUT2D eigenvalue weighted by molar-refractivity contribution is 5.94. The van der Waals surface area contributed by atoms with Gasteiger partial charge in [-0.1, -0.05) is 25.5 Å². The van der Waals surface area contributed by atoms with Crippen molar-refractivity contribution in [2.45, 2.75) is 52.5 Å². The minimum Gasteiger partial charge on any atom is -0.349 e. The van der Waals surface area contributed by atoms with Crippen molar-refractivity contribution in [1.82, 2.24) is 5.32 Å². The van der Waals surface area contributed by atoms with Gasteiger partial charge in [-0.05, 0) is 50.2 Å². The molecule has 0 heterocycles. The van der Waals surface area contributed by atoms with Crippen molar-refractivity contribution in [1.29, 1.82) is 0 Å².